The van der Waals surface area contributed by atoms with Crippen molar-refractivity contribution in [2.75, 3.05) is 0 Å². The van der Waals surface area contributed by atoms with Gasteiger partial charge in [-0.1, -0.05) is 31.2 Å². The number of ether oxygens (including phenoxy) is 1. The summed E-state index contributed by atoms with van der Waals surface area (Å²) in [4.78, 5) is 11.2. The number of hydrogen-bond donors (Lipinski definition) is 0. The Morgan fingerprint density at radius 3 is 2.32 bits per heavy atom. The molecule has 0 spiro atoms. The van der Waals surface area contributed by atoms with E-state index in [0.29, 0.717) is 0 Å². The number of halogens is 1. The molecule has 0 bridgehead atoms. The van der Waals surface area contributed by atoms with Gasteiger partial charge in [0.2, 0.25) is 5.24 Å². The van der Waals surface area contributed by atoms with Crippen molar-refractivity contribution in [1.29, 1.82) is 0 Å². The zero-order chi connectivity index (χ0) is 14.0. The number of carbonyl (C=O) groups excluding carboxylic acids is 1. The quantitative estimate of drug-likeness (QED) is 0.769. The molecule has 1 unspecified atom stereocenters. The molecule has 2 aromatic rings. The molecule has 0 aliphatic heterocycles. The fraction of sp³-hybridized carbons (Fsp3) is 0.312. The zero-order valence-electron chi connectivity index (χ0n) is 11.3. The third kappa shape index (κ3) is 3.27. The molecule has 2 aromatic carbocycles. The first-order valence-electron chi connectivity index (χ1n) is 6.37. The van der Waals surface area contributed by atoms with Crippen LogP contribution in [0.25, 0.3) is 10.8 Å². The van der Waals surface area contributed by atoms with Crippen molar-refractivity contribution in [1.82, 2.24) is 0 Å². The smallest absolute Gasteiger partial charge is 0.228 e. The van der Waals surface area contributed by atoms with Crippen molar-refractivity contribution in [3.8, 4) is 5.75 Å². The second kappa shape index (κ2) is 5.62. The Balaban J connectivity index is 2.37. The first-order chi connectivity index (χ1) is 8.97. The van der Waals surface area contributed by atoms with Crippen LogP contribution in [0.4, 0.5) is 0 Å². The minimum atomic E-state index is -0.334. The average Bonchev–Trinajstić information content (AvgIpc) is 2.36. The Morgan fingerprint density at radius 1 is 1.05 bits per heavy atom. The SMILES string of the molecule is CC(C)Oc1ccc2cc(C(C)C(=O)Cl)ccc2c1. The van der Waals surface area contributed by atoms with Crippen LogP contribution >= 0.6 is 11.6 Å². The molecule has 100 valence electrons. The van der Waals surface area contributed by atoms with E-state index in [1.54, 1.807) is 0 Å². The molecule has 0 saturated carbocycles. The summed E-state index contributed by atoms with van der Waals surface area (Å²) >= 11 is 5.54. The molecule has 0 fully saturated rings. The molecule has 0 radical (unpaired) electrons. The first-order valence-corrected chi connectivity index (χ1v) is 6.75. The molecule has 0 N–H and O–H groups in total. The Bertz CT molecular complexity index is 605. The maximum atomic E-state index is 11.2. The molecule has 2 rings (SSSR count). The van der Waals surface area contributed by atoms with Gasteiger partial charge in [0.15, 0.2) is 0 Å². The minimum Gasteiger partial charge on any atom is -0.491 e. The number of carbonyl (C=O) groups is 1. The molecule has 0 heterocycles. The van der Waals surface area contributed by atoms with Gasteiger partial charge in [0.1, 0.15) is 5.75 Å². The van der Waals surface area contributed by atoms with Crippen LogP contribution in [-0.2, 0) is 4.79 Å². The van der Waals surface area contributed by atoms with Crippen LogP contribution in [0.2, 0.25) is 0 Å². The monoisotopic (exact) mass is 276 g/mol. The lowest BCUT2D eigenvalue weighted by molar-refractivity contribution is -0.112. The number of hydrogen-bond acceptors (Lipinski definition) is 2. The normalized spacial score (nSPS) is 12.7. The molecule has 3 heteroatoms. The lowest BCUT2D eigenvalue weighted by Crippen LogP contribution is -2.05. The van der Waals surface area contributed by atoms with Crippen molar-refractivity contribution < 1.29 is 9.53 Å². The highest BCUT2D eigenvalue weighted by Gasteiger charge is 2.12. The molecule has 1 atom stereocenters. The predicted molar refractivity (Wildman–Crippen MR) is 79.0 cm³/mol. The summed E-state index contributed by atoms with van der Waals surface area (Å²) in [6.07, 6.45) is 0.158. The summed E-state index contributed by atoms with van der Waals surface area (Å²) in [5, 5.41) is 1.84. The summed E-state index contributed by atoms with van der Waals surface area (Å²) in [6, 6.07) is 11.9. The van der Waals surface area contributed by atoms with Gasteiger partial charge in [0, 0.05) is 0 Å². The van der Waals surface area contributed by atoms with Crippen molar-refractivity contribution in [3.63, 3.8) is 0 Å². The van der Waals surface area contributed by atoms with Gasteiger partial charge in [-0.3, -0.25) is 4.79 Å². The average molecular weight is 277 g/mol. The molecule has 0 saturated heterocycles. The van der Waals surface area contributed by atoms with E-state index in [4.69, 9.17) is 16.3 Å². The van der Waals surface area contributed by atoms with E-state index in [9.17, 15) is 4.79 Å². The topological polar surface area (TPSA) is 26.3 Å². The molecular weight excluding hydrogens is 260 g/mol. The molecular formula is C16H17ClO2. The van der Waals surface area contributed by atoms with Gasteiger partial charge in [-0.05, 0) is 53.9 Å². The van der Waals surface area contributed by atoms with E-state index in [1.807, 2.05) is 57.2 Å². The summed E-state index contributed by atoms with van der Waals surface area (Å²) in [5.74, 6) is 0.578. The van der Waals surface area contributed by atoms with Gasteiger partial charge >= 0.3 is 0 Å². The fourth-order valence-electron chi connectivity index (χ4n) is 1.99. The number of rotatable bonds is 4. The summed E-state index contributed by atoms with van der Waals surface area (Å²) in [6.45, 7) is 5.81. The van der Waals surface area contributed by atoms with E-state index in [-0.39, 0.29) is 17.3 Å². The van der Waals surface area contributed by atoms with Gasteiger partial charge in [-0.15, -0.1) is 0 Å². The molecule has 0 aromatic heterocycles. The Morgan fingerprint density at radius 2 is 1.68 bits per heavy atom. The highest BCUT2D eigenvalue weighted by atomic mass is 35.5. The lowest BCUT2D eigenvalue weighted by Gasteiger charge is -2.12. The first kappa shape index (κ1) is 13.9. The van der Waals surface area contributed by atoms with E-state index >= 15 is 0 Å². The van der Waals surface area contributed by atoms with Crippen molar-refractivity contribution in [3.05, 3.63) is 42.0 Å². The Labute approximate surface area is 118 Å². The highest BCUT2D eigenvalue weighted by Crippen LogP contribution is 2.26. The van der Waals surface area contributed by atoms with Crippen LogP contribution in [0, 0.1) is 0 Å². The zero-order valence-corrected chi connectivity index (χ0v) is 12.1. The molecule has 19 heavy (non-hydrogen) atoms. The van der Waals surface area contributed by atoms with Gasteiger partial charge in [-0.25, -0.2) is 0 Å². The largest absolute Gasteiger partial charge is 0.491 e. The summed E-state index contributed by atoms with van der Waals surface area (Å²) in [5.41, 5.74) is 0.935. The Hall–Kier alpha value is -1.54. The van der Waals surface area contributed by atoms with Gasteiger partial charge in [0.05, 0.1) is 12.0 Å². The van der Waals surface area contributed by atoms with Crippen molar-refractivity contribution in [2.45, 2.75) is 32.8 Å². The number of fused-ring (bicyclic) bond motifs is 1. The third-order valence-corrected chi connectivity index (χ3v) is 3.38. The number of benzene rings is 2. The van der Waals surface area contributed by atoms with E-state index in [1.165, 1.54) is 0 Å². The van der Waals surface area contributed by atoms with E-state index < -0.39 is 0 Å². The predicted octanol–water partition coefficient (Wildman–Crippen LogP) is 4.50. The molecule has 2 nitrogen and oxygen atoms in total. The molecule has 0 aliphatic carbocycles. The van der Waals surface area contributed by atoms with Crippen LogP contribution in [0.5, 0.6) is 5.75 Å². The maximum Gasteiger partial charge on any atom is 0.228 e. The minimum absolute atomic E-state index is 0.158. The summed E-state index contributed by atoms with van der Waals surface area (Å²) < 4.78 is 5.66. The van der Waals surface area contributed by atoms with Gasteiger partial charge in [-0.2, -0.15) is 0 Å². The van der Waals surface area contributed by atoms with Crippen LogP contribution in [-0.4, -0.2) is 11.3 Å². The summed E-state index contributed by atoms with van der Waals surface area (Å²) in [7, 11) is 0. The van der Waals surface area contributed by atoms with E-state index in [2.05, 4.69) is 0 Å². The fourth-order valence-corrected chi connectivity index (χ4v) is 2.11. The van der Waals surface area contributed by atoms with Crippen LogP contribution in [0.1, 0.15) is 32.3 Å². The Kier molecular flexibility index (Phi) is 4.11. The van der Waals surface area contributed by atoms with Crippen LogP contribution < -0.4 is 4.74 Å². The van der Waals surface area contributed by atoms with Crippen molar-refractivity contribution >= 4 is 27.6 Å². The molecule has 0 amide bonds. The van der Waals surface area contributed by atoms with Crippen LogP contribution in [0.15, 0.2) is 36.4 Å². The second-order valence-corrected chi connectivity index (χ2v) is 5.33. The van der Waals surface area contributed by atoms with Crippen molar-refractivity contribution in [2.24, 2.45) is 0 Å². The standard InChI is InChI=1S/C16H17ClO2/c1-10(2)19-15-7-6-13-8-12(11(3)16(17)18)4-5-14(13)9-15/h4-11H,1-3H3. The van der Waals surface area contributed by atoms with Gasteiger partial charge in [0.25, 0.3) is 0 Å². The highest BCUT2D eigenvalue weighted by molar-refractivity contribution is 6.64. The van der Waals surface area contributed by atoms with Crippen LogP contribution in [0.3, 0.4) is 0 Å². The second-order valence-electron chi connectivity index (χ2n) is 4.96. The lowest BCUT2D eigenvalue weighted by atomic mass is 9.99. The maximum absolute atomic E-state index is 11.2. The van der Waals surface area contributed by atoms with E-state index in [0.717, 1.165) is 22.1 Å². The molecule has 0 aliphatic rings. The van der Waals surface area contributed by atoms with Gasteiger partial charge < -0.3 is 4.74 Å². The third-order valence-electron chi connectivity index (χ3n) is 3.05.